The number of nitrogens with one attached hydrogen (secondary N) is 1. The highest BCUT2D eigenvalue weighted by Crippen LogP contribution is 2.32. The SMILES string of the molecule is CC[NH+](CC)CCN(C(=O)c1ccc(OC)cc1)c1nc2c(C)cc(C)cc2s1. The molecular weight excluding hydrogens is 382 g/mol. The zero-order valence-corrected chi connectivity index (χ0v) is 18.7. The summed E-state index contributed by atoms with van der Waals surface area (Å²) in [4.78, 5) is 21.6. The van der Waals surface area contributed by atoms with Crippen LogP contribution in [-0.2, 0) is 0 Å². The Morgan fingerprint density at radius 2 is 1.83 bits per heavy atom. The fraction of sp³-hybridized carbons (Fsp3) is 0.391. The zero-order valence-electron chi connectivity index (χ0n) is 17.9. The fourth-order valence-corrected chi connectivity index (χ4v) is 4.69. The smallest absolute Gasteiger partial charge is 0.260 e. The largest absolute Gasteiger partial charge is 0.497 e. The molecule has 3 rings (SSSR count). The van der Waals surface area contributed by atoms with Crippen LogP contribution in [0.5, 0.6) is 5.75 Å². The van der Waals surface area contributed by atoms with Gasteiger partial charge in [0.05, 0.1) is 43.5 Å². The molecule has 0 unspecified atom stereocenters. The summed E-state index contributed by atoms with van der Waals surface area (Å²) in [6.45, 7) is 12.1. The molecule has 0 saturated heterocycles. The molecule has 1 amide bonds. The number of fused-ring (bicyclic) bond motifs is 1. The third-order valence-electron chi connectivity index (χ3n) is 5.32. The Kier molecular flexibility index (Phi) is 6.87. The first-order valence-corrected chi connectivity index (χ1v) is 11.0. The third-order valence-corrected chi connectivity index (χ3v) is 6.35. The van der Waals surface area contributed by atoms with Crippen molar-refractivity contribution in [2.75, 3.05) is 38.2 Å². The number of rotatable bonds is 8. The summed E-state index contributed by atoms with van der Waals surface area (Å²) in [5.41, 5.74) is 3.99. The number of thiazole rings is 1. The monoisotopic (exact) mass is 412 g/mol. The molecular formula is C23H30N3O2S+. The molecule has 29 heavy (non-hydrogen) atoms. The predicted octanol–water partition coefficient (Wildman–Crippen LogP) is 3.49. The van der Waals surface area contributed by atoms with Gasteiger partial charge in [0.25, 0.3) is 5.91 Å². The molecule has 0 aliphatic rings. The quantitative estimate of drug-likeness (QED) is 0.616. The predicted molar refractivity (Wildman–Crippen MR) is 121 cm³/mol. The minimum atomic E-state index is -0.0207. The highest BCUT2D eigenvalue weighted by atomic mass is 32.1. The second-order valence-electron chi connectivity index (χ2n) is 7.32. The van der Waals surface area contributed by atoms with E-state index in [-0.39, 0.29) is 5.91 Å². The number of amides is 1. The summed E-state index contributed by atoms with van der Waals surface area (Å²) in [6.07, 6.45) is 0. The lowest BCUT2D eigenvalue weighted by atomic mass is 10.1. The Balaban J connectivity index is 1.97. The van der Waals surface area contributed by atoms with E-state index < -0.39 is 0 Å². The van der Waals surface area contributed by atoms with Crippen molar-refractivity contribution in [3.8, 4) is 5.75 Å². The zero-order chi connectivity index (χ0) is 21.0. The molecule has 1 aromatic heterocycles. The summed E-state index contributed by atoms with van der Waals surface area (Å²) in [7, 11) is 1.63. The molecule has 5 nitrogen and oxygen atoms in total. The standard InChI is InChI=1S/C23H29N3O2S/c1-6-25(7-2)12-13-26(22(27)18-8-10-19(28-5)11-9-18)23-24-21-17(4)14-16(3)15-20(21)29-23/h8-11,14-15H,6-7,12-13H2,1-5H3/p+1. The number of quaternary nitrogens is 1. The normalized spacial score (nSPS) is 11.2. The fourth-order valence-electron chi connectivity index (χ4n) is 3.52. The van der Waals surface area contributed by atoms with E-state index in [2.05, 4.69) is 39.8 Å². The van der Waals surface area contributed by atoms with Gasteiger partial charge in [0.15, 0.2) is 5.13 Å². The van der Waals surface area contributed by atoms with Crippen LogP contribution in [-0.4, -0.2) is 44.2 Å². The Hall–Kier alpha value is -2.44. The minimum Gasteiger partial charge on any atom is -0.497 e. The van der Waals surface area contributed by atoms with E-state index in [0.29, 0.717) is 12.1 Å². The molecule has 0 fully saturated rings. The van der Waals surface area contributed by atoms with Crippen LogP contribution >= 0.6 is 11.3 Å². The lowest BCUT2D eigenvalue weighted by Crippen LogP contribution is -3.12. The van der Waals surface area contributed by atoms with Gasteiger partial charge in [0.1, 0.15) is 5.75 Å². The van der Waals surface area contributed by atoms with E-state index in [1.54, 1.807) is 18.4 Å². The molecule has 3 aromatic rings. The molecule has 1 heterocycles. The number of aromatic nitrogens is 1. The van der Waals surface area contributed by atoms with Crippen LogP contribution in [0, 0.1) is 13.8 Å². The second kappa shape index (κ2) is 9.37. The van der Waals surface area contributed by atoms with Crippen LogP contribution in [0.1, 0.15) is 35.3 Å². The molecule has 6 heteroatoms. The van der Waals surface area contributed by atoms with Crippen LogP contribution in [0.4, 0.5) is 5.13 Å². The number of methoxy groups -OCH3 is 1. The minimum absolute atomic E-state index is 0.0207. The molecule has 0 bridgehead atoms. The van der Waals surface area contributed by atoms with Crippen molar-refractivity contribution in [3.05, 3.63) is 53.1 Å². The van der Waals surface area contributed by atoms with E-state index in [0.717, 1.165) is 46.3 Å². The van der Waals surface area contributed by atoms with Crippen LogP contribution in [0.15, 0.2) is 36.4 Å². The van der Waals surface area contributed by atoms with Gasteiger partial charge in [-0.05, 0) is 69.2 Å². The number of hydrogen-bond donors (Lipinski definition) is 1. The van der Waals surface area contributed by atoms with Gasteiger partial charge in [-0.3, -0.25) is 9.69 Å². The van der Waals surface area contributed by atoms with E-state index in [1.807, 2.05) is 29.2 Å². The van der Waals surface area contributed by atoms with E-state index in [1.165, 1.54) is 10.5 Å². The Bertz CT molecular complexity index is 978. The first-order valence-electron chi connectivity index (χ1n) is 10.1. The van der Waals surface area contributed by atoms with Crippen molar-refractivity contribution < 1.29 is 14.4 Å². The number of hydrogen-bond acceptors (Lipinski definition) is 4. The first kappa shape index (κ1) is 21.3. The van der Waals surface area contributed by atoms with Crippen LogP contribution < -0.4 is 14.5 Å². The Morgan fingerprint density at radius 3 is 2.45 bits per heavy atom. The van der Waals surface area contributed by atoms with Crippen LogP contribution in [0.25, 0.3) is 10.2 Å². The molecule has 1 N–H and O–H groups in total. The van der Waals surface area contributed by atoms with Gasteiger partial charge in [0.2, 0.25) is 0 Å². The molecule has 0 spiro atoms. The molecule has 2 aromatic carbocycles. The molecule has 0 aliphatic heterocycles. The van der Waals surface area contributed by atoms with Crippen molar-refractivity contribution in [1.29, 1.82) is 0 Å². The van der Waals surface area contributed by atoms with Gasteiger partial charge in [-0.2, -0.15) is 0 Å². The van der Waals surface area contributed by atoms with Gasteiger partial charge in [0, 0.05) is 5.56 Å². The maximum atomic E-state index is 13.4. The van der Waals surface area contributed by atoms with Crippen LogP contribution in [0.2, 0.25) is 0 Å². The molecule has 0 saturated carbocycles. The summed E-state index contributed by atoms with van der Waals surface area (Å²) in [6, 6.07) is 11.6. The first-order chi connectivity index (χ1) is 14.0. The summed E-state index contributed by atoms with van der Waals surface area (Å²) >= 11 is 1.59. The molecule has 0 aliphatic carbocycles. The highest BCUT2D eigenvalue weighted by Gasteiger charge is 2.23. The number of benzene rings is 2. The van der Waals surface area contributed by atoms with E-state index in [9.17, 15) is 4.79 Å². The number of anilines is 1. The topological polar surface area (TPSA) is 46.9 Å². The number of nitrogens with zero attached hydrogens (tertiary/aromatic N) is 2. The lowest BCUT2D eigenvalue weighted by molar-refractivity contribution is -0.894. The van der Waals surface area contributed by atoms with Gasteiger partial charge >= 0.3 is 0 Å². The number of aryl methyl sites for hydroxylation is 2. The van der Waals surface area contributed by atoms with Crippen molar-refractivity contribution in [1.82, 2.24) is 4.98 Å². The van der Waals surface area contributed by atoms with Crippen molar-refractivity contribution in [2.24, 2.45) is 0 Å². The number of carbonyl (C=O) groups is 1. The third kappa shape index (κ3) is 4.77. The van der Waals surface area contributed by atoms with Gasteiger partial charge in [-0.1, -0.05) is 17.4 Å². The van der Waals surface area contributed by atoms with E-state index >= 15 is 0 Å². The highest BCUT2D eigenvalue weighted by molar-refractivity contribution is 7.22. The number of ether oxygens (including phenoxy) is 1. The van der Waals surface area contributed by atoms with Gasteiger partial charge in [-0.15, -0.1) is 0 Å². The van der Waals surface area contributed by atoms with Crippen LogP contribution in [0.3, 0.4) is 0 Å². The maximum Gasteiger partial charge on any atom is 0.260 e. The summed E-state index contributed by atoms with van der Waals surface area (Å²) < 4.78 is 6.35. The van der Waals surface area contributed by atoms with Crippen molar-refractivity contribution >= 4 is 32.6 Å². The Morgan fingerprint density at radius 1 is 1.14 bits per heavy atom. The number of likely N-dealkylation sites (N-methyl/N-ethyl adjacent to an activating group) is 1. The molecule has 154 valence electrons. The average Bonchev–Trinajstić information content (AvgIpc) is 3.15. The maximum absolute atomic E-state index is 13.4. The molecule has 0 atom stereocenters. The average molecular weight is 413 g/mol. The summed E-state index contributed by atoms with van der Waals surface area (Å²) in [5.74, 6) is 0.722. The van der Waals surface area contributed by atoms with Crippen molar-refractivity contribution in [2.45, 2.75) is 27.7 Å². The second-order valence-corrected chi connectivity index (χ2v) is 8.33. The lowest BCUT2D eigenvalue weighted by Gasteiger charge is -2.23. The van der Waals surface area contributed by atoms with Gasteiger partial charge in [-0.25, -0.2) is 4.98 Å². The number of carbonyl (C=O) groups excluding carboxylic acids is 1. The van der Waals surface area contributed by atoms with Crippen molar-refractivity contribution in [3.63, 3.8) is 0 Å². The molecule has 0 radical (unpaired) electrons. The summed E-state index contributed by atoms with van der Waals surface area (Å²) in [5, 5.41) is 0.765. The Labute approximate surface area is 176 Å². The van der Waals surface area contributed by atoms with E-state index in [4.69, 9.17) is 9.72 Å². The van der Waals surface area contributed by atoms with Gasteiger partial charge < -0.3 is 9.64 Å².